The van der Waals surface area contributed by atoms with Crippen LogP contribution in [0.1, 0.15) is 22.0 Å². The molecule has 1 atom stereocenters. The second-order valence-electron chi connectivity index (χ2n) is 8.59. The fourth-order valence-electron chi connectivity index (χ4n) is 3.38. The molecule has 0 amide bonds. The standard InChI is InChI=1S/C26H27F2NO3Si/c1-31-22-17-15-21(16-18-22)29-25(33(2,3)4)26(27,28)23(19-11-7-5-8-12-19)32-24(30)20-13-9-6-10-14-20/h5-18,23H,1-4H3. The smallest absolute Gasteiger partial charge is 0.338 e. The third-order valence-electron chi connectivity index (χ3n) is 5.01. The van der Waals surface area contributed by atoms with Gasteiger partial charge in [0.15, 0.2) is 6.10 Å². The third-order valence-corrected chi connectivity index (χ3v) is 6.87. The number of esters is 1. The van der Waals surface area contributed by atoms with Crippen molar-refractivity contribution in [2.45, 2.75) is 31.7 Å². The fourth-order valence-corrected chi connectivity index (χ4v) is 4.98. The van der Waals surface area contributed by atoms with Crippen LogP contribution in [0.25, 0.3) is 0 Å². The van der Waals surface area contributed by atoms with Gasteiger partial charge in [-0.2, -0.15) is 8.78 Å². The summed E-state index contributed by atoms with van der Waals surface area (Å²) in [5, 5.41) is -0.255. The average molecular weight is 468 g/mol. The highest BCUT2D eigenvalue weighted by molar-refractivity contribution is 7.05. The van der Waals surface area contributed by atoms with Gasteiger partial charge in [-0.1, -0.05) is 68.2 Å². The van der Waals surface area contributed by atoms with Gasteiger partial charge in [0.25, 0.3) is 0 Å². The van der Waals surface area contributed by atoms with Crippen LogP contribution in [0.15, 0.2) is 89.9 Å². The van der Waals surface area contributed by atoms with E-state index in [4.69, 9.17) is 9.47 Å². The van der Waals surface area contributed by atoms with E-state index in [2.05, 4.69) is 4.99 Å². The number of nitrogens with zero attached hydrogens (tertiary/aromatic N) is 1. The van der Waals surface area contributed by atoms with Crippen molar-refractivity contribution in [3.05, 3.63) is 96.1 Å². The summed E-state index contributed by atoms with van der Waals surface area (Å²) in [6.45, 7) is 5.39. The van der Waals surface area contributed by atoms with Crippen molar-refractivity contribution in [1.82, 2.24) is 0 Å². The summed E-state index contributed by atoms with van der Waals surface area (Å²) in [7, 11) is -1.14. The minimum atomic E-state index is -3.53. The summed E-state index contributed by atoms with van der Waals surface area (Å²) in [6.07, 6.45) is -1.82. The van der Waals surface area contributed by atoms with Crippen LogP contribution in [0.5, 0.6) is 5.75 Å². The predicted molar refractivity (Wildman–Crippen MR) is 129 cm³/mol. The van der Waals surface area contributed by atoms with Crippen molar-refractivity contribution >= 4 is 25.1 Å². The quantitative estimate of drug-likeness (QED) is 0.206. The van der Waals surface area contributed by atoms with Crippen LogP contribution in [0.2, 0.25) is 19.6 Å². The minimum Gasteiger partial charge on any atom is -0.497 e. The zero-order valence-corrected chi connectivity index (χ0v) is 20.1. The highest BCUT2D eigenvalue weighted by Crippen LogP contribution is 2.40. The normalized spacial score (nSPS) is 13.3. The van der Waals surface area contributed by atoms with E-state index in [1.165, 1.54) is 31.4 Å². The van der Waals surface area contributed by atoms with Crippen LogP contribution in [-0.4, -0.2) is 32.4 Å². The monoisotopic (exact) mass is 467 g/mol. The van der Waals surface area contributed by atoms with Gasteiger partial charge in [0.2, 0.25) is 0 Å². The summed E-state index contributed by atoms with van der Waals surface area (Å²) in [5.74, 6) is -3.74. The molecule has 0 saturated heterocycles. The molecule has 0 aromatic heterocycles. The molecule has 0 heterocycles. The molecule has 1 unspecified atom stereocenters. The Morgan fingerprint density at radius 3 is 1.94 bits per heavy atom. The van der Waals surface area contributed by atoms with Gasteiger partial charge in [-0.25, -0.2) is 4.79 Å². The molecule has 3 aromatic carbocycles. The van der Waals surface area contributed by atoms with E-state index in [9.17, 15) is 4.79 Å². The van der Waals surface area contributed by atoms with Gasteiger partial charge < -0.3 is 9.47 Å². The first-order valence-corrected chi connectivity index (χ1v) is 14.1. The van der Waals surface area contributed by atoms with E-state index in [-0.39, 0.29) is 16.5 Å². The van der Waals surface area contributed by atoms with E-state index in [0.717, 1.165) is 0 Å². The molecule has 0 aliphatic heterocycles. The van der Waals surface area contributed by atoms with E-state index >= 15 is 8.78 Å². The lowest BCUT2D eigenvalue weighted by Crippen LogP contribution is -2.50. The highest BCUT2D eigenvalue weighted by atomic mass is 28.3. The lowest BCUT2D eigenvalue weighted by atomic mass is 10.0. The van der Waals surface area contributed by atoms with E-state index < -0.39 is 26.1 Å². The Bertz CT molecular complexity index is 1100. The molecule has 0 N–H and O–H groups in total. The Hall–Kier alpha value is -3.32. The minimum absolute atomic E-state index is 0.201. The molecule has 7 heteroatoms. The lowest BCUT2D eigenvalue weighted by Gasteiger charge is -2.33. The highest BCUT2D eigenvalue weighted by Gasteiger charge is 2.52. The maximum absolute atomic E-state index is 16.2. The zero-order valence-electron chi connectivity index (χ0n) is 19.1. The number of benzene rings is 3. The van der Waals surface area contributed by atoms with Crippen molar-refractivity contribution in [2.24, 2.45) is 4.99 Å². The van der Waals surface area contributed by atoms with Crippen LogP contribution in [0.4, 0.5) is 14.5 Å². The molecule has 0 fully saturated rings. The summed E-state index contributed by atoms with van der Waals surface area (Å²) in [4.78, 5) is 17.2. The van der Waals surface area contributed by atoms with Gasteiger partial charge in [-0.05, 0) is 42.0 Å². The lowest BCUT2D eigenvalue weighted by molar-refractivity contribution is -0.0693. The Morgan fingerprint density at radius 2 is 1.42 bits per heavy atom. The molecular weight excluding hydrogens is 440 g/mol. The molecule has 0 saturated carbocycles. The van der Waals surface area contributed by atoms with Crippen molar-refractivity contribution in [1.29, 1.82) is 0 Å². The molecule has 3 rings (SSSR count). The Kier molecular flexibility index (Phi) is 7.43. The molecule has 0 radical (unpaired) electrons. The second-order valence-corrected chi connectivity index (χ2v) is 13.6. The van der Waals surface area contributed by atoms with Crippen molar-refractivity contribution in [2.75, 3.05) is 7.11 Å². The summed E-state index contributed by atoms with van der Waals surface area (Å²) >= 11 is 0. The Morgan fingerprint density at radius 1 is 0.879 bits per heavy atom. The van der Waals surface area contributed by atoms with Gasteiger partial charge in [-0.3, -0.25) is 4.99 Å². The number of carbonyl (C=O) groups excluding carboxylic acids is 1. The number of methoxy groups -OCH3 is 1. The molecule has 33 heavy (non-hydrogen) atoms. The van der Waals surface area contributed by atoms with Gasteiger partial charge in [0.05, 0.1) is 23.7 Å². The number of alkyl halides is 2. The number of halogens is 2. The van der Waals surface area contributed by atoms with Gasteiger partial charge >= 0.3 is 11.9 Å². The second kappa shape index (κ2) is 10.1. The summed E-state index contributed by atoms with van der Waals surface area (Å²) in [6, 6.07) is 22.8. The van der Waals surface area contributed by atoms with Crippen LogP contribution in [0.3, 0.4) is 0 Å². The number of carbonyl (C=O) groups is 1. The van der Waals surface area contributed by atoms with E-state index in [1.54, 1.807) is 80.3 Å². The number of ether oxygens (including phenoxy) is 2. The van der Waals surface area contributed by atoms with Crippen LogP contribution in [-0.2, 0) is 4.74 Å². The SMILES string of the molecule is COc1ccc(N=C(C(F)(F)C(OC(=O)c2ccccc2)c2ccccc2)[Si](C)(C)C)cc1. The first kappa shape index (κ1) is 24.3. The summed E-state index contributed by atoms with van der Waals surface area (Å²) in [5.41, 5.74) is 0.789. The maximum Gasteiger partial charge on any atom is 0.338 e. The number of hydrogen-bond donors (Lipinski definition) is 0. The van der Waals surface area contributed by atoms with E-state index in [0.29, 0.717) is 11.4 Å². The van der Waals surface area contributed by atoms with Crippen LogP contribution < -0.4 is 4.74 Å². The predicted octanol–water partition coefficient (Wildman–Crippen LogP) is 6.88. The molecule has 4 nitrogen and oxygen atoms in total. The first-order valence-electron chi connectivity index (χ1n) is 10.6. The molecule has 0 aliphatic rings. The molecule has 0 aliphatic carbocycles. The van der Waals surface area contributed by atoms with Crippen molar-refractivity contribution in [3.63, 3.8) is 0 Å². The largest absolute Gasteiger partial charge is 0.497 e. The molecular formula is C26H27F2NO3Si. The Labute approximate surface area is 193 Å². The first-order chi connectivity index (χ1) is 15.6. The zero-order chi connectivity index (χ0) is 24.1. The molecule has 172 valence electrons. The average Bonchev–Trinajstić information content (AvgIpc) is 2.81. The van der Waals surface area contributed by atoms with E-state index in [1.807, 2.05) is 0 Å². The van der Waals surface area contributed by atoms with Crippen LogP contribution in [0, 0.1) is 0 Å². The molecule has 0 spiro atoms. The molecule has 3 aromatic rings. The fraction of sp³-hybridized carbons (Fsp3) is 0.231. The topological polar surface area (TPSA) is 47.9 Å². The number of aliphatic imine (C=N–C) groups is 1. The Balaban J connectivity index is 2.08. The number of hydrogen-bond acceptors (Lipinski definition) is 4. The van der Waals surface area contributed by atoms with Gasteiger partial charge in [-0.15, -0.1) is 0 Å². The maximum atomic E-state index is 16.2. The van der Waals surface area contributed by atoms with Crippen LogP contribution >= 0.6 is 0 Å². The van der Waals surface area contributed by atoms with Gasteiger partial charge in [0.1, 0.15) is 13.8 Å². The van der Waals surface area contributed by atoms with Crippen molar-refractivity contribution < 1.29 is 23.0 Å². The number of rotatable bonds is 8. The molecule has 0 bridgehead atoms. The summed E-state index contributed by atoms with van der Waals surface area (Å²) < 4.78 is 43.1. The van der Waals surface area contributed by atoms with Crippen molar-refractivity contribution in [3.8, 4) is 5.75 Å². The third kappa shape index (κ3) is 5.93. The van der Waals surface area contributed by atoms with Gasteiger partial charge in [0, 0.05) is 0 Å².